The number of hydrogen-bond donors (Lipinski definition) is 1. The molecule has 0 atom stereocenters. The van der Waals surface area contributed by atoms with Crippen LogP contribution in [-0.4, -0.2) is 9.97 Å². The smallest absolute Gasteiger partial charge is 0.310 e. The number of rotatable bonds is 2. The number of benzene rings is 1. The predicted molar refractivity (Wildman–Crippen MR) is 64.1 cm³/mol. The number of halogens is 4. The van der Waals surface area contributed by atoms with Crippen LogP contribution in [-0.2, 0) is 12.6 Å². The Morgan fingerprint density at radius 2 is 1.84 bits per heavy atom. The van der Waals surface area contributed by atoms with E-state index in [0.717, 1.165) is 0 Å². The van der Waals surface area contributed by atoms with Crippen LogP contribution in [0.25, 0.3) is 0 Å². The Kier molecular flexibility index (Phi) is 3.61. The predicted octanol–water partition coefficient (Wildman–Crippen LogP) is 3.03. The van der Waals surface area contributed by atoms with E-state index in [0.29, 0.717) is 16.7 Å². The van der Waals surface area contributed by atoms with Crippen LogP contribution in [0.5, 0.6) is 0 Å². The third kappa shape index (κ3) is 3.57. The van der Waals surface area contributed by atoms with Gasteiger partial charge in [0.1, 0.15) is 5.82 Å². The summed E-state index contributed by atoms with van der Waals surface area (Å²) in [5, 5.41) is 0.522. The summed E-state index contributed by atoms with van der Waals surface area (Å²) < 4.78 is 37.5. The Balaban J connectivity index is 2.33. The van der Waals surface area contributed by atoms with Gasteiger partial charge in [0, 0.05) is 17.5 Å². The van der Waals surface area contributed by atoms with Crippen molar-refractivity contribution in [3.8, 4) is 0 Å². The van der Waals surface area contributed by atoms with E-state index in [4.69, 9.17) is 11.6 Å². The molecule has 0 amide bonds. The molecule has 0 saturated carbocycles. The first-order valence-electron chi connectivity index (χ1n) is 5.26. The lowest BCUT2D eigenvalue weighted by Gasteiger charge is -2.07. The molecule has 0 unspecified atom stereocenters. The van der Waals surface area contributed by atoms with Crippen molar-refractivity contribution in [2.24, 2.45) is 0 Å². The van der Waals surface area contributed by atoms with Gasteiger partial charge in [0.15, 0.2) is 5.69 Å². The van der Waals surface area contributed by atoms with Crippen LogP contribution in [0, 0.1) is 0 Å². The van der Waals surface area contributed by atoms with E-state index < -0.39 is 17.4 Å². The van der Waals surface area contributed by atoms with Crippen molar-refractivity contribution in [2.45, 2.75) is 12.6 Å². The largest absolute Gasteiger partial charge is 0.433 e. The van der Waals surface area contributed by atoms with Crippen molar-refractivity contribution < 1.29 is 13.2 Å². The minimum absolute atomic E-state index is 0.0397. The third-order valence-corrected chi connectivity index (χ3v) is 2.62. The quantitative estimate of drug-likeness (QED) is 0.923. The molecular formula is C12H8ClF3N2O. The first-order chi connectivity index (χ1) is 8.84. The molecule has 1 aromatic carbocycles. The SMILES string of the molecule is O=c1cc(C(F)(F)F)nc(Cc2ccc(Cl)cc2)[nH]1. The van der Waals surface area contributed by atoms with Gasteiger partial charge >= 0.3 is 6.18 Å². The van der Waals surface area contributed by atoms with Gasteiger partial charge in [-0.3, -0.25) is 4.79 Å². The molecule has 7 heteroatoms. The van der Waals surface area contributed by atoms with Crippen molar-refractivity contribution in [3.63, 3.8) is 0 Å². The van der Waals surface area contributed by atoms with Crippen molar-refractivity contribution in [3.05, 3.63) is 62.8 Å². The summed E-state index contributed by atoms with van der Waals surface area (Å²) in [6.07, 6.45) is -4.54. The molecule has 1 heterocycles. The van der Waals surface area contributed by atoms with E-state index in [9.17, 15) is 18.0 Å². The Morgan fingerprint density at radius 3 is 2.42 bits per heavy atom. The van der Waals surface area contributed by atoms with E-state index >= 15 is 0 Å². The van der Waals surface area contributed by atoms with E-state index in [2.05, 4.69) is 9.97 Å². The molecule has 2 aromatic rings. The molecule has 100 valence electrons. The number of alkyl halides is 3. The van der Waals surface area contributed by atoms with Crippen molar-refractivity contribution >= 4 is 11.6 Å². The molecule has 0 saturated heterocycles. The number of aromatic amines is 1. The number of hydrogen-bond acceptors (Lipinski definition) is 2. The highest BCUT2D eigenvalue weighted by molar-refractivity contribution is 6.30. The first-order valence-corrected chi connectivity index (χ1v) is 5.64. The van der Waals surface area contributed by atoms with Crippen LogP contribution in [0.2, 0.25) is 5.02 Å². The molecule has 3 nitrogen and oxygen atoms in total. The maximum Gasteiger partial charge on any atom is 0.433 e. The Labute approximate surface area is 111 Å². The zero-order valence-electron chi connectivity index (χ0n) is 9.46. The van der Waals surface area contributed by atoms with Crippen molar-refractivity contribution in [1.82, 2.24) is 9.97 Å². The van der Waals surface area contributed by atoms with E-state index in [1.54, 1.807) is 24.3 Å². The Bertz CT molecular complexity index is 635. The van der Waals surface area contributed by atoms with Gasteiger partial charge in [-0.25, -0.2) is 4.98 Å². The number of aromatic nitrogens is 2. The van der Waals surface area contributed by atoms with Gasteiger partial charge in [0.2, 0.25) is 0 Å². The van der Waals surface area contributed by atoms with Gasteiger partial charge in [-0.1, -0.05) is 23.7 Å². The van der Waals surface area contributed by atoms with Gasteiger partial charge in [0.25, 0.3) is 5.56 Å². The minimum atomic E-state index is -4.64. The van der Waals surface area contributed by atoms with Crippen LogP contribution in [0.15, 0.2) is 35.1 Å². The summed E-state index contributed by atoms with van der Waals surface area (Å²) >= 11 is 5.70. The fourth-order valence-corrected chi connectivity index (χ4v) is 1.66. The normalized spacial score (nSPS) is 11.6. The summed E-state index contributed by atoms with van der Waals surface area (Å²) in [5.41, 5.74) is -1.32. The van der Waals surface area contributed by atoms with Crippen LogP contribution in [0.1, 0.15) is 17.1 Å². The zero-order valence-corrected chi connectivity index (χ0v) is 10.2. The van der Waals surface area contributed by atoms with Crippen LogP contribution >= 0.6 is 11.6 Å². The van der Waals surface area contributed by atoms with Gasteiger partial charge in [-0.05, 0) is 17.7 Å². The number of H-pyrrole nitrogens is 1. The van der Waals surface area contributed by atoms with Gasteiger partial charge < -0.3 is 4.98 Å². The molecule has 0 spiro atoms. The minimum Gasteiger partial charge on any atom is -0.310 e. The fourth-order valence-electron chi connectivity index (χ4n) is 1.53. The van der Waals surface area contributed by atoms with E-state index in [1.165, 1.54) is 0 Å². The van der Waals surface area contributed by atoms with E-state index in [1.807, 2.05) is 0 Å². The van der Waals surface area contributed by atoms with E-state index in [-0.39, 0.29) is 12.2 Å². The lowest BCUT2D eigenvalue weighted by Crippen LogP contribution is -2.18. The standard InChI is InChI=1S/C12H8ClF3N2O/c13-8-3-1-7(2-4-8)5-10-17-9(12(14,15)16)6-11(19)18-10/h1-4,6H,5H2,(H,17,18,19). The topological polar surface area (TPSA) is 45.8 Å². The van der Waals surface area contributed by atoms with Crippen LogP contribution in [0.4, 0.5) is 13.2 Å². The molecular weight excluding hydrogens is 281 g/mol. The van der Waals surface area contributed by atoms with Crippen LogP contribution < -0.4 is 5.56 Å². The van der Waals surface area contributed by atoms with Gasteiger partial charge in [-0.15, -0.1) is 0 Å². The maximum absolute atomic E-state index is 12.5. The highest BCUT2D eigenvalue weighted by Gasteiger charge is 2.33. The van der Waals surface area contributed by atoms with Crippen molar-refractivity contribution in [1.29, 1.82) is 0 Å². The number of nitrogens with zero attached hydrogens (tertiary/aromatic N) is 1. The molecule has 2 rings (SSSR count). The molecule has 1 aromatic heterocycles. The molecule has 0 aliphatic rings. The number of nitrogens with one attached hydrogen (secondary N) is 1. The summed E-state index contributed by atoms with van der Waals surface area (Å²) in [5.74, 6) is -0.0397. The van der Waals surface area contributed by atoms with Crippen LogP contribution in [0.3, 0.4) is 0 Å². The molecule has 0 aliphatic heterocycles. The molecule has 19 heavy (non-hydrogen) atoms. The summed E-state index contributed by atoms with van der Waals surface area (Å²) in [6, 6.07) is 6.97. The van der Waals surface area contributed by atoms with Crippen molar-refractivity contribution in [2.75, 3.05) is 0 Å². The fraction of sp³-hybridized carbons (Fsp3) is 0.167. The third-order valence-electron chi connectivity index (χ3n) is 2.37. The average molecular weight is 289 g/mol. The average Bonchev–Trinajstić information content (AvgIpc) is 2.30. The second-order valence-electron chi connectivity index (χ2n) is 3.88. The molecule has 0 radical (unpaired) electrons. The zero-order chi connectivity index (χ0) is 14.0. The molecule has 0 bridgehead atoms. The van der Waals surface area contributed by atoms with Gasteiger partial charge in [0.05, 0.1) is 0 Å². The molecule has 0 fully saturated rings. The second kappa shape index (κ2) is 5.05. The monoisotopic (exact) mass is 288 g/mol. The van der Waals surface area contributed by atoms with Gasteiger partial charge in [-0.2, -0.15) is 13.2 Å². The molecule has 0 aliphatic carbocycles. The highest BCUT2D eigenvalue weighted by Crippen LogP contribution is 2.26. The molecule has 1 N–H and O–H groups in total. The first kappa shape index (κ1) is 13.6. The maximum atomic E-state index is 12.5. The Hall–Kier alpha value is -1.82. The lowest BCUT2D eigenvalue weighted by molar-refractivity contribution is -0.141. The lowest BCUT2D eigenvalue weighted by atomic mass is 10.1. The summed E-state index contributed by atoms with van der Waals surface area (Å²) in [6.45, 7) is 0. The second-order valence-corrected chi connectivity index (χ2v) is 4.31. The summed E-state index contributed by atoms with van der Waals surface area (Å²) in [4.78, 5) is 16.9. The highest BCUT2D eigenvalue weighted by atomic mass is 35.5. The Morgan fingerprint density at radius 1 is 1.21 bits per heavy atom. The summed E-state index contributed by atoms with van der Waals surface area (Å²) in [7, 11) is 0.